The Morgan fingerprint density at radius 2 is 2.00 bits per heavy atom. The van der Waals surface area contributed by atoms with Crippen molar-refractivity contribution in [1.82, 2.24) is 5.32 Å². The number of ether oxygens (including phenoxy) is 2. The largest absolute Gasteiger partial charge is 0.491 e. The van der Waals surface area contributed by atoms with Gasteiger partial charge in [0.1, 0.15) is 18.5 Å². The summed E-state index contributed by atoms with van der Waals surface area (Å²) in [4.78, 5) is 0. The third-order valence-corrected chi connectivity index (χ3v) is 2.55. The summed E-state index contributed by atoms with van der Waals surface area (Å²) in [6.45, 7) is 4.46. The number of rotatable bonds is 9. The molecule has 4 heteroatoms. The lowest BCUT2D eigenvalue weighted by Gasteiger charge is -2.13. The summed E-state index contributed by atoms with van der Waals surface area (Å²) in [5, 5.41) is 12.9. The maximum absolute atomic E-state index is 9.70. The average Bonchev–Trinajstić information content (AvgIpc) is 2.38. The fourth-order valence-corrected chi connectivity index (χ4v) is 1.50. The molecule has 2 N–H and O–H groups in total. The molecule has 1 unspecified atom stereocenters. The van der Waals surface area contributed by atoms with Crippen LogP contribution in [0.25, 0.3) is 0 Å². The van der Waals surface area contributed by atoms with E-state index < -0.39 is 6.10 Å². The predicted octanol–water partition coefficient (Wildman–Crippen LogP) is 1.36. The Kier molecular flexibility index (Phi) is 7.41. The molecule has 0 saturated carbocycles. The molecule has 0 heterocycles. The number of nitrogens with one attached hydrogen (secondary N) is 1. The van der Waals surface area contributed by atoms with E-state index >= 15 is 0 Å². The maximum atomic E-state index is 9.70. The molecule has 102 valence electrons. The zero-order valence-corrected chi connectivity index (χ0v) is 11.2. The molecule has 18 heavy (non-hydrogen) atoms. The second-order valence-electron chi connectivity index (χ2n) is 4.33. The topological polar surface area (TPSA) is 50.7 Å². The lowest BCUT2D eigenvalue weighted by atomic mass is 10.2. The standard InChI is InChI=1S/C14H23NO3/c1-12-4-6-14(7-5-12)18-11-13(16)10-15-8-3-9-17-2/h4-7,13,15-16H,3,8-11H2,1-2H3. The van der Waals surface area contributed by atoms with Gasteiger partial charge in [0, 0.05) is 20.3 Å². The van der Waals surface area contributed by atoms with Gasteiger partial charge in [-0.2, -0.15) is 0 Å². The molecular weight excluding hydrogens is 230 g/mol. The summed E-state index contributed by atoms with van der Waals surface area (Å²) < 4.78 is 10.4. The molecule has 0 aliphatic rings. The van der Waals surface area contributed by atoms with Crippen molar-refractivity contribution in [2.24, 2.45) is 0 Å². The minimum atomic E-state index is -0.492. The monoisotopic (exact) mass is 253 g/mol. The van der Waals surface area contributed by atoms with E-state index in [2.05, 4.69) is 5.32 Å². The van der Waals surface area contributed by atoms with Crippen LogP contribution in [0.1, 0.15) is 12.0 Å². The van der Waals surface area contributed by atoms with Gasteiger partial charge < -0.3 is 19.9 Å². The van der Waals surface area contributed by atoms with Gasteiger partial charge in [-0.05, 0) is 32.0 Å². The zero-order chi connectivity index (χ0) is 13.2. The molecule has 0 aromatic heterocycles. The van der Waals surface area contributed by atoms with E-state index in [9.17, 15) is 5.11 Å². The first-order valence-electron chi connectivity index (χ1n) is 6.29. The quantitative estimate of drug-likeness (QED) is 0.652. The number of methoxy groups -OCH3 is 1. The Hall–Kier alpha value is -1.10. The van der Waals surface area contributed by atoms with Crippen LogP contribution in [0.15, 0.2) is 24.3 Å². The molecule has 1 aromatic rings. The second-order valence-corrected chi connectivity index (χ2v) is 4.33. The van der Waals surface area contributed by atoms with Crippen LogP contribution in [-0.2, 0) is 4.74 Å². The van der Waals surface area contributed by atoms with Crippen LogP contribution in [0.4, 0.5) is 0 Å². The third kappa shape index (κ3) is 6.59. The summed E-state index contributed by atoms with van der Waals surface area (Å²) in [5.41, 5.74) is 1.20. The Bertz CT molecular complexity index is 313. The van der Waals surface area contributed by atoms with Gasteiger partial charge in [-0.3, -0.25) is 0 Å². The van der Waals surface area contributed by atoms with Crippen LogP contribution in [0.3, 0.4) is 0 Å². The van der Waals surface area contributed by atoms with Gasteiger partial charge in [-0.25, -0.2) is 0 Å². The zero-order valence-electron chi connectivity index (χ0n) is 11.2. The normalized spacial score (nSPS) is 12.4. The number of aliphatic hydroxyl groups excluding tert-OH is 1. The van der Waals surface area contributed by atoms with Crippen molar-refractivity contribution >= 4 is 0 Å². The van der Waals surface area contributed by atoms with E-state index in [1.54, 1.807) is 7.11 Å². The lowest BCUT2D eigenvalue weighted by Crippen LogP contribution is -2.32. The lowest BCUT2D eigenvalue weighted by molar-refractivity contribution is 0.105. The Labute approximate surface area is 109 Å². The van der Waals surface area contributed by atoms with Crippen molar-refractivity contribution in [3.05, 3.63) is 29.8 Å². The van der Waals surface area contributed by atoms with E-state index in [1.165, 1.54) is 5.56 Å². The van der Waals surface area contributed by atoms with Gasteiger partial charge >= 0.3 is 0 Å². The molecule has 1 aromatic carbocycles. The van der Waals surface area contributed by atoms with Crippen molar-refractivity contribution < 1.29 is 14.6 Å². The first kappa shape index (κ1) is 15.0. The van der Waals surface area contributed by atoms with Crippen LogP contribution in [0.2, 0.25) is 0 Å². The summed E-state index contributed by atoms with van der Waals surface area (Å²) in [6.07, 6.45) is 0.455. The van der Waals surface area contributed by atoms with Gasteiger partial charge in [0.25, 0.3) is 0 Å². The van der Waals surface area contributed by atoms with Crippen LogP contribution in [0.5, 0.6) is 5.75 Å². The van der Waals surface area contributed by atoms with Gasteiger partial charge in [0.2, 0.25) is 0 Å². The predicted molar refractivity (Wildman–Crippen MR) is 72.0 cm³/mol. The van der Waals surface area contributed by atoms with Gasteiger partial charge in [-0.1, -0.05) is 17.7 Å². The average molecular weight is 253 g/mol. The fraction of sp³-hybridized carbons (Fsp3) is 0.571. The summed E-state index contributed by atoms with van der Waals surface area (Å²) in [6, 6.07) is 7.80. The highest BCUT2D eigenvalue weighted by Gasteiger charge is 2.04. The van der Waals surface area contributed by atoms with Crippen LogP contribution in [-0.4, -0.2) is 44.6 Å². The molecule has 0 amide bonds. The molecule has 0 aliphatic heterocycles. The van der Waals surface area contributed by atoms with Gasteiger partial charge in [-0.15, -0.1) is 0 Å². The molecule has 0 fully saturated rings. The third-order valence-electron chi connectivity index (χ3n) is 2.55. The molecule has 4 nitrogen and oxygen atoms in total. The Morgan fingerprint density at radius 1 is 1.28 bits per heavy atom. The van der Waals surface area contributed by atoms with Crippen LogP contribution in [0, 0.1) is 6.92 Å². The van der Waals surface area contributed by atoms with E-state index in [4.69, 9.17) is 9.47 Å². The SMILES string of the molecule is COCCCNCC(O)COc1ccc(C)cc1. The van der Waals surface area contributed by atoms with Crippen molar-refractivity contribution in [1.29, 1.82) is 0 Å². The fourth-order valence-electron chi connectivity index (χ4n) is 1.50. The molecular formula is C14H23NO3. The van der Waals surface area contributed by atoms with E-state index in [0.29, 0.717) is 13.2 Å². The first-order chi connectivity index (χ1) is 8.72. The van der Waals surface area contributed by atoms with Gasteiger partial charge in [0.15, 0.2) is 0 Å². The number of benzene rings is 1. The van der Waals surface area contributed by atoms with Crippen molar-refractivity contribution in [2.75, 3.05) is 33.4 Å². The summed E-state index contributed by atoms with van der Waals surface area (Å²) in [7, 11) is 1.68. The molecule has 0 saturated heterocycles. The van der Waals surface area contributed by atoms with E-state index in [-0.39, 0.29) is 0 Å². The minimum Gasteiger partial charge on any atom is -0.491 e. The van der Waals surface area contributed by atoms with Crippen LogP contribution < -0.4 is 10.1 Å². The van der Waals surface area contributed by atoms with E-state index in [1.807, 2.05) is 31.2 Å². The Morgan fingerprint density at radius 3 is 2.67 bits per heavy atom. The van der Waals surface area contributed by atoms with Crippen molar-refractivity contribution in [2.45, 2.75) is 19.4 Å². The highest BCUT2D eigenvalue weighted by atomic mass is 16.5. The molecule has 1 atom stereocenters. The van der Waals surface area contributed by atoms with Crippen molar-refractivity contribution in [3.8, 4) is 5.75 Å². The molecule has 0 spiro atoms. The molecule has 0 aliphatic carbocycles. The number of aryl methyl sites for hydroxylation is 1. The second kappa shape index (κ2) is 8.91. The summed E-state index contributed by atoms with van der Waals surface area (Å²) in [5.74, 6) is 0.791. The highest BCUT2D eigenvalue weighted by molar-refractivity contribution is 5.26. The number of aliphatic hydroxyl groups is 1. The number of hydrogen-bond acceptors (Lipinski definition) is 4. The number of hydrogen-bond donors (Lipinski definition) is 2. The minimum absolute atomic E-state index is 0.306. The Balaban J connectivity index is 2.09. The molecule has 0 radical (unpaired) electrons. The molecule has 1 rings (SSSR count). The van der Waals surface area contributed by atoms with E-state index in [0.717, 1.165) is 25.3 Å². The maximum Gasteiger partial charge on any atom is 0.119 e. The summed E-state index contributed by atoms with van der Waals surface area (Å²) >= 11 is 0. The van der Waals surface area contributed by atoms with Gasteiger partial charge in [0.05, 0.1) is 0 Å². The van der Waals surface area contributed by atoms with Crippen LogP contribution >= 0.6 is 0 Å². The highest BCUT2D eigenvalue weighted by Crippen LogP contribution is 2.11. The van der Waals surface area contributed by atoms with Crippen molar-refractivity contribution in [3.63, 3.8) is 0 Å². The molecule has 0 bridgehead atoms. The first-order valence-corrected chi connectivity index (χ1v) is 6.29. The smallest absolute Gasteiger partial charge is 0.119 e.